The summed E-state index contributed by atoms with van der Waals surface area (Å²) in [5, 5.41) is 0. The normalized spacial score (nSPS) is 30.9. The number of hydrogen-bond donors (Lipinski definition) is 1. The third-order valence-electron chi connectivity index (χ3n) is 3.86. The maximum atomic E-state index is 6.17. The molecule has 0 aromatic rings. The third-order valence-corrected chi connectivity index (χ3v) is 3.86. The second kappa shape index (κ2) is 5.99. The lowest BCUT2D eigenvalue weighted by Crippen LogP contribution is -2.46. The van der Waals surface area contributed by atoms with Crippen LogP contribution in [0.1, 0.15) is 39.0 Å². The fourth-order valence-electron chi connectivity index (χ4n) is 2.53. The Labute approximate surface area is 99.3 Å². The fourth-order valence-corrected chi connectivity index (χ4v) is 2.53. The highest BCUT2D eigenvalue weighted by Gasteiger charge is 2.32. The number of nitrogens with two attached hydrogens (primary N) is 1. The van der Waals surface area contributed by atoms with Gasteiger partial charge in [-0.15, -0.1) is 0 Å². The molecule has 0 aromatic carbocycles. The van der Waals surface area contributed by atoms with E-state index in [2.05, 4.69) is 11.8 Å². The first-order valence-electron chi connectivity index (χ1n) is 6.88. The van der Waals surface area contributed by atoms with Crippen LogP contribution in [0.4, 0.5) is 0 Å². The topological polar surface area (TPSA) is 38.5 Å². The molecular formula is C13H26N2O. The Morgan fingerprint density at radius 3 is 2.75 bits per heavy atom. The first-order valence-corrected chi connectivity index (χ1v) is 6.88. The zero-order chi connectivity index (χ0) is 11.4. The lowest BCUT2D eigenvalue weighted by molar-refractivity contribution is 0.0246. The van der Waals surface area contributed by atoms with Gasteiger partial charge < -0.3 is 10.5 Å². The Morgan fingerprint density at radius 1 is 1.31 bits per heavy atom. The smallest absolute Gasteiger partial charge is 0.0521 e. The summed E-state index contributed by atoms with van der Waals surface area (Å²) in [6, 6.07) is 1.22. The van der Waals surface area contributed by atoms with Gasteiger partial charge in [0.25, 0.3) is 0 Å². The van der Waals surface area contributed by atoms with E-state index in [0.717, 1.165) is 32.2 Å². The zero-order valence-corrected chi connectivity index (χ0v) is 10.5. The molecule has 0 amide bonds. The zero-order valence-electron chi connectivity index (χ0n) is 10.5. The fraction of sp³-hybridized carbons (Fsp3) is 1.00. The van der Waals surface area contributed by atoms with Crippen LogP contribution in [-0.2, 0) is 4.74 Å². The van der Waals surface area contributed by atoms with Crippen molar-refractivity contribution < 1.29 is 4.74 Å². The quantitative estimate of drug-likeness (QED) is 0.748. The van der Waals surface area contributed by atoms with Crippen LogP contribution in [0.5, 0.6) is 0 Å². The molecule has 3 nitrogen and oxygen atoms in total. The molecule has 2 rings (SSSR count). The van der Waals surface area contributed by atoms with Crippen LogP contribution in [0.15, 0.2) is 0 Å². The third kappa shape index (κ3) is 3.44. The van der Waals surface area contributed by atoms with Gasteiger partial charge >= 0.3 is 0 Å². The Bertz CT molecular complexity index is 206. The number of unbranched alkanes of at least 4 members (excludes halogenated alkanes) is 1. The van der Waals surface area contributed by atoms with Gasteiger partial charge in [-0.2, -0.15) is 0 Å². The van der Waals surface area contributed by atoms with Gasteiger partial charge in [-0.05, 0) is 32.2 Å². The van der Waals surface area contributed by atoms with Gasteiger partial charge in [-0.1, -0.05) is 13.3 Å². The molecular weight excluding hydrogens is 200 g/mol. The lowest BCUT2D eigenvalue weighted by atomic mass is 9.96. The summed E-state index contributed by atoms with van der Waals surface area (Å²) in [4.78, 5) is 2.66. The summed E-state index contributed by atoms with van der Waals surface area (Å²) in [5.41, 5.74) is 6.17. The van der Waals surface area contributed by atoms with Crippen molar-refractivity contribution in [1.29, 1.82) is 0 Å². The van der Waals surface area contributed by atoms with Crippen LogP contribution < -0.4 is 5.73 Å². The van der Waals surface area contributed by atoms with Crippen molar-refractivity contribution in [2.24, 2.45) is 11.7 Å². The molecule has 0 radical (unpaired) electrons. The minimum atomic E-state index is 0.358. The Morgan fingerprint density at radius 2 is 2.12 bits per heavy atom. The van der Waals surface area contributed by atoms with Crippen molar-refractivity contribution in [3.05, 3.63) is 0 Å². The minimum Gasteiger partial charge on any atom is -0.381 e. The maximum absolute atomic E-state index is 6.17. The molecule has 0 spiro atoms. The van der Waals surface area contributed by atoms with Crippen LogP contribution in [0.25, 0.3) is 0 Å². The average molecular weight is 226 g/mol. The molecule has 16 heavy (non-hydrogen) atoms. The summed E-state index contributed by atoms with van der Waals surface area (Å²) in [6.07, 6.45) is 6.44. The number of nitrogens with zero attached hydrogens (tertiary/aromatic N) is 1. The maximum Gasteiger partial charge on any atom is 0.0521 e. The first-order chi connectivity index (χ1) is 7.81. The van der Waals surface area contributed by atoms with Gasteiger partial charge in [0.15, 0.2) is 0 Å². The molecule has 1 saturated heterocycles. The van der Waals surface area contributed by atoms with E-state index in [1.807, 2.05) is 0 Å². The average Bonchev–Trinajstić information content (AvgIpc) is 3.10. The van der Waals surface area contributed by atoms with E-state index in [4.69, 9.17) is 10.5 Å². The highest BCUT2D eigenvalue weighted by molar-refractivity contribution is 4.88. The highest BCUT2D eigenvalue weighted by atomic mass is 16.5. The Kier molecular flexibility index (Phi) is 4.62. The second-order valence-electron chi connectivity index (χ2n) is 5.37. The largest absolute Gasteiger partial charge is 0.381 e. The standard InChI is InChI=1S/C13H26N2O/c1-2-3-7-15(12-4-5-12)9-11-10-16-8-6-13(11)14/h11-13H,2-10,14H2,1H3. The Hall–Kier alpha value is -0.120. The molecule has 1 aliphatic heterocycles. The van der Waals surface area contributed by atoms with Gasteiger partial charge in [-0.3, -0.25) is 4.90 Å². The van der Waals surface area contributed by atoms with E-state index in [9.17, 15) is 0 Å². The molecule has 1 aliphatic carbocycles. The van der Waals surface area contributed by atoms with Gasteiger partial charge in [-0.25, -0.2) is 0 Å². The minimum absolute atomic E-state index is 0.358. The molecule has 2 atom stereocenters. The molecule has 2 fully saturated rings. The van der Waals surface area contributed by atoms with Gasteiger partial charge in [0, 0.05) is 31.2 Å². The molecule has 0 aromatic heterocycles. The van der Waals surface area contributed by atoms with Crippen molar-refractivity contribution in [3.63, 3.8) is 0 Å². The van der Waals surface area contributed by atoms with Crippen LogP contribution >= 0.6 is 0 Å². The number of hydrogen-bond acceptors (Lipinski definition) is 3. The van der Waals surface area contributed by atoms with Crippen LogP contribution in [0.2, 0.25) is 0 Å². The van der Waals surface area contributed by atoms with E-state index in [-0.39, 0.29) is 0 Å². The van der Waals surface area contributed by atoms with Crippen LogP contribution in [0, 0.1) is 5.92 Å². The van der Waals surface area contributed by atoms with Crippen LogP contribution in [-0.4, -0.2) is 43.3 Å². The summed E-state index contributed by atoms with van der Waals surface area (Å²) in [6.45, 7) is 6.41. The highest BCUT2D eigenvalue weighted by Crippen LogP contribution is 2.29. The lowest BCUT2D eigenvalue weighted by Gasteiger charge is -2.33. The van der Waals surface area contributed by atoms with E-state index in [0.29, 0.717) is 12.0 Å². The summed E-state index contributed by atoms with van der Waals surface area (Å²) in [7, 11) is 0. The first kappa shape index (κ1) is 12.3. The summed E-state index contributed by atoms with van der Waals surface area (Å²) >= 11 is 0. The number of rotatable bonds is 6. The molecule has 1 saturated carbocycles. The molecule has 1 heterocycles. The molecule has 2 unspecified atom stereocenters. The van der Waals surface area contributed by atoms with Gasteiger partial charge in [0.1, 0.15) is 0 Å². The van der Waals surface area contributed by atoms with E-state index >= 15 is 0 Å². The molecule has 2 aliphatic rings. The van der Waals surface area contributed by atoms with E-state index in [1.54, 1.807) is 0 Å². The Balaban J connectivity index is 1.78. The predicted molar refractivity (Wildman–Crippen MR) is 66.4 cm³/mol. The number of ether oxygens (including phenoxy) is 1. The summed E-state index contributed by atoms with van der Waals surface area (Å²) < 4.78 is 5.55. The van der Waals surface area contributed by atoms with E-state index in [1.165, 1.54) is 32.2 Å². The van der Waals surface area contributed by atoms with Gasteiger partial charge in [0.05, 0.1) is 6.61 Å². The van der Waals surface area contributed by atoms with Crippen molar-refractivity contribution in [2.75, 3.05) is 26.3 Å². The molecule has 3 heteroatoms. The SMILES string of the molecule is CCCCN(CC1COCCC1N)C1CC1. The van der Waals surface area contributed by atoms with Gasteiger partial charge in [0.2, 0.25) is 0 Å². The molecule has 2 N–H and O–H groups in total. The van der Waals surface area contributed by atoms with Crippen molar-refractivity contribution in [3.8, 4) is 0 Å². The van der Waals surface area contributed by atoms with Crippen LogP contribution in [0.3, 0.4) is 0 Å². The summed E-state index contributed by atoms with van der Waals surface area (Å²) in [5.74, 6) is 0.561. The predicted octanol–water partition coefficient (Wildman–Crippen LogP) is 1.61. The molecule has 94 valence electrons. The second-order valence-corrected chi connectivity index (χ2v) is 5.37. The monoisotopic (exact) mass is 226 g/mol. The van der Waals surface area contributed by atoms with Crippen molar-refractivity contribution in [1.82, 2.24) is 4.90 Å². The molecule has 0 bridgehead atoms. The van der Waals surface area contributed by atoms with Crippen molar-refractivity contribution in [2.45, 2.75) is 51.1 Å². The van der Waals surface area contributed by atoms with E-state index < -0.39 is 0 Å². The van der Waals surface area contributed by atoms with Crippen molar-refractivity contribution >= 4 is 0 Å².